The predicted octanol–water partition coefficient (Wildman–Crippen LogP) is 2.60. The van der Waals surface area contributed by atoms with Crippen LogP contribution >= 0.6 is 0 Å². The molecule has 7 heteroatoms. The molecule has 1 aliphatic heterocycles. The number of nitrogens with one attached hydrogen (secondary N) is 2. The molecule has 1 amide bonds. The molecule has 2 aromatic carbocycles. The zero-order chi connectivity index (χ0) is 20.1. The number of ether oxygens (including phenoxy) is 3. The van der Waals surface area contributed by atoms with Gasteiger partial charge in [-0.25, -0.2) is 0 Å². The molecule has 1 aliphatic rings. The summed E-state index contributed by atoms with van der Waals surface area (Å²) in [6, 6.07) is 15.3. The highest BCUT2D eigenvalue weighted by atomic mass is 16.6. The molecule has 150 valence electrons. The van der Waals surface area contributed by atoms with Crippen molar-refractivity contribution in [2.24, 2.45) is 0 Å². The highest BCUT2D eigenvalue weighted by Crippen LogP contribution is 2.30. The zero-order valence-corrected chi connectivity index (χ0v) is 15.9. The Morgan fingerprint density at radius 3 is 2.79 bits per heavy atom. The Morgan fingerprint density at radius 1 is 1.10 bits per heavy atom. The standard InChI is InChI=1S/C22H22N2O5/c25-21(24-12-16-13-27-19-7-3-4-8-20(19)29-16)14-28-22(26)10-9-15-11-23-18-6-2-1-5-17(15)18/h1-8,11,16,23H,9-10,12-14H2,(H,24,25). The van der Waals surface area contributed by atoms with E-state index in [9.17, 15) is 9.59 Å². The lowest BCUT2D eigenvalue weighted by Gasteiger charge is -2.26. The minimum absolute atomic E-state index is 0.214. The van der Waals surface area contributed by atoms with E-state index in [4.69, 9.17) is 14.2 Å². The normalized spacial score (nSPS) is 15.1. The molecule has 0 saturated heterocycles. The summed E-state index contributed by atoms with van der Waals surface area (Å²) in [6.07, 6.45) is 2.38. The summed E-state index contributed by atoms with van der Waals surface area (Å²) in [6.45, 7) is 0.318. The number of esters is 1. The van der Waals surface area contributed by atoms with Gasteiger partial charge >= 0.3 is 5.97 Å². The molecular weight excluding hydrogens is 372 g/mol. The van der Waals surface area contributed by atoms with Crippen molar-refractivity contribution in [1.82, 2.24) is 10.3 Å². The van der Waals surface area contributed by atoms with Gasteiger partial charge in [-0.05, 0) is 30.2 Å². The van der Waals surface area contributed by atoms with E-state index in [-0.39, 0.29) is 31.6 Å². The van der Waals surface area contributed by atoms with Crippen LogP contribution in [-0.2, 0) is 20.7 Å². The van der Waals surface area contributed by atoms with Crippen LogP contribution in [0.4, 0.5) is 0 Å². The topological polar surface area (TPSA) is 89.7 Å². The van der Waals surface area contributed by atoms with Crippen LogP contribution in [0.5, 0.6) is 11.5 Å². The molecule has 1 unspecified atom stereocenters. The summed E-state index contributed by atoms with van der Waals surface area (Å²) >= 11 is 0. The SMILES string of the molecule is O=C(COC(=O)CCc1c[nH]c2ccccc12)NCC1COc2ccccc2O1. The van der Waals surface area contributed by atoms with E-state index < -0.39 is 5.97 Å². The summed E-state index contributed by atoms with van der Waals surface area (Å²) in [7, 11) is 0. The smallest absolute Gasteiger partial charge is 0.306 e. The van der Waals surface area contributed by atoms with Crippen LogP contribution in [0.2, 0.25) is 0 Å². The van der Waals surface area contributed by atoms with Crippen molar-refractivity contribution in [2.75, 3.05) is 19.8 Å². The third-order valence-electron chi connectivity index (χ3n) is 4.73. The quantitative estimate of drug-likeness (QED) is 0.601. The number of hydrogen-bond acceptors (Lipinski definition) is 5. The van der Waals surface area contributed by atoms with Crippen molar-refractivity contribution in [2.45, 2.75) is 18.9 Å². The molecule has 1 aromatic heterocycles. The molecule has 29 heavy (non-hydrogen) atoms. The number of H-pyrrole nitrogens is 1. The predicted molar refractivity (Wildman–Crippen MR) is 107 cm³/mol. The second kappa shape index (κ2) is 8.68. The fourth-order valence-electron chi connectivity index (χ4n) is 3.24. The van der Waals surface area contributed by atoms with Crippen LogP contribution in [0, 0.1) is 0 Å². The number of aromatic nitrogens is 1. The highest BCUT2D eigenvalue weighted by Gasteiger charge is 2.21. The zero-order valence-electron chi connectivity index (χ0n) is 15.9. The van der Waals surface area contributed by atoms with E-state index in [1.807, 2.05) is 54.7 Å². The fraction of sp³-hybridized carbons (Fsp3) is 0.273. The number of benzene rings is 2. The second-order valence-corrected chi connectivity index (χ2v) is 6.82. The third kappa shape index (κ3) is 4.68. The van der Waals surface area contributed by atoms with Crippen LogP contribution < -0.4 is 14.8 Å². The number of aryl methyl sites for hydroxylation is 1. The lowest BCUT2D eigenvalue weighted by atomic mass is 10.1. The number of rotatable bonds is 7. The lowest BCUT2D eigenvalue weighted by molar-refractivity contribution is -0.148. The molecule has 0 fully saturated rings. The summed E-state index contributed by atoms with van der Waals surface area (Å²) in [4.78, 5) is 27.1. The number of fused-ring (bicyclic) bond motifs is 2. The van der Waals surface area contributed by atoms with Gasteiger partial charge in [-0.15, -0.1) is 0 Å². The van der Waals surface area contributed by atoms with Gasteiger partial charge in [-0.3, -0.25) is 9.59 Å². The minimum atomic E-state index is -0.406. The van der Waals surface area contributed by atoms with E-state index >= 15 is 0 Å². The summed E-state index contributed by atoms with van der Waals surface area (Å²) in [5.74, 6) is 0.574. The maximum Gasteiger partial charge on any atom is 0.306 e. The molecule has 0 aliphatic carbocycles. The molecule has 2 N–H and O–H groups in total. The number of carbonyl (C=O) groups is 2. The Kier molecular flexibility index (Phi) is 5.65. The Bertz CT molecular complexity index is 1010. The lowest BCUT2D eigenvalue weighted by Crippen LogP contribution is -2.42. The molecular formula is C22H22N2O5. The van der Waals surface area contributed by atoms with E-state index in [0.29, 0.717) is 24.5 Å². The highest BCUT2D eigenvalue weighted by molar-refractivity contribution is 5.84. The van der Waals surface area contributed by atoms with Crippen LogP contribution in [0.1, 0.15) is 12.0 Å². The Labute approximate surface area is 168 Å². The molecule has 0 spiro atoms. The summed E-state index contributed by atoms with van der Waals surface area (Å²) in [5.41, 5.74) is 2.09. The van der Waals surface area contributed by atoms with Crippen LogP contribution in [0.25, 0.3) is 10.9 Å². The van der Waals surface area contributed by atoms with E-state index in [0.717, 1.165) is 16.5 Å². The van der Waals surface area contributed by atoms with Gasteiger partial charge in [0.05, 0.1) is 6.54 Å². The monoisotopic (exact) mass is 394 g/mol. The Hall–Kier alpha value is -3.48. The maximum atomic E-state index is 12.0. The van der Waals surface area contributed by atoms with Gasteiger partial charge in [0.1, 0.15) is 12.7 Å². The fourth-order valence-corrected chi connectivity index (χ4v) is 3.24. The van der Waals surface area contributed by atoms with Gasteiger partial charge in [0, 0.05) is 23.5 Å². The summed E-state index contributed by atoms with van der Waals surface area (Å²) in [5, 5.41) is 3.80. The first kappa shape index (κ1) is 18.9. The van der Waals surface area contributed by atoms with Crippen LogP contribution in [0.3, 0.4) is 0 Å². The minimum Gasteiger partial charge on any atom is -0.486 e. The number of carbonyl (C=O) groups excluding carboxylic acids is 2. The molecule has 4 rings (SSSR count). The molecule has 0 radical (unpaired) electrons. The molecule has 1 atom stereocenters. The molecule has 0 bridgehead atoms. The van der Waals surface area contributed by atoms with Gasteiger partial charge in [-0.1, -0.05) is 30.3 Å². The first-order valence-electron chi connectivity index (χ1n) is 9.55. The first-order valence-corrected chi connectivity index (χ1v) is 9.55. The molecule has 3 aromatic rings. The van der Waals surface area contributed by atoms with Gasteiger partial charge in [-0.2, -0.15) is 0 Å². The van der Waals surface area contributed by atoms with Crippen LogP contribution in [0.15, 0.2) is 54.7 Å². The van der Waals surface area contributed by atoms with Crippen LogP contribution in [-0.4, -0.2) is 42.7 Å². The van der Waals surface area contributed by atoms with E-state index in [1.165, 1.54) is 0 Å². The summed E-state index contributed by atoms with van der Waals surface area (Å²) < 4.78 is 16.4. The largest absolute Gasteiger partial charge is 0.486 e. The van der Waals surface area contributed by atoms with Crippen molar-refractivity contribution in [3.63, 3.8) is 0 Å². The Balaban J connectivity index is 1.16. The van der Waals surface area contributed by atoms with E-state index in [2.05, 4.69) is 10.3 Å². The van der Waals surface area contributed by atoms with Gasteiger partial charge < -0.3 is 24.5 Å². The average molecular weight is 394 g/mol. The van der Waals surface area contributed by atoms with Gasteiger partial charge in [0.25, 0.3) is 5.91 Å². The van der Waals surface area contributed by atoms with E-state index in [1.54, 1.807) is 0 Å². The number of aromatic amines is 1. The van der Waals surface area contributed by atoms with Crippen molar-refractivity contribution >= 4 is 22.8 Å². The molecule has 7 nitrogen and oxygen atoms in total. The molecule has 0 saturated carbocycles. The number of amides is 1. The van der Waals surface area contributed by atoms with Crippen molar-refractivity contribution < 1.29 is 23.8 Å². The second-order valence-electron chi connectivity index (χ2n) is 6.82. The van der Waals surface area contributed by atoms with Gasteiger partial charge in [0.2, 0.25) is 0 Å². The van der Waals surface area contributed by atoms with Crippen molar-refractivity contribution in [1.29, 1.82) is 0 Å². The van der Waals surface area contributed by atoms with Crippen molar-refractivity contribution in [3.8, 4) is 11.5 Å². The maximum absolute atomic E-state index is 12.0. The molecule has 2 heterocycles. The Morgan fingerprint density at radius 2 is 1.90 bits per heavy atom. The van der Waals surface area contributed by atoms with Crippen molar-refractivity contribution in [3.05, 3.63) is 60.3 Å². The first-order chi connectivity index (χ1) is 14.2. The van der Waals surface area contributed by atoms with Gasteiger partial charge in [0.15, 0.2) is 18.1 Å². The third-order valence-corrected chi connectivity index (χ3v) is 4.73. The number of para-hydroxylation sites is 3. The number of hydrogen-bond donors (Lipinski definition) is 2. The average Bonchev–Trinajstić information content (AvgIpc) is 3.18.